The first-order valence-corrected chi connectivity index (χ1v) is 12.3. The maximum atomic E-state index is 14.0. The van der Waals surface area contributed by atoms with Gasteiger partial charge >= 0.3 is 6.03 Å². The first-order valence-electron chi connectivity index (χ1n) is 11.5. The second-order valence-corrected chi connectivity index (χ2v) is 9.13. The zero-order valence-electron chi connectivity index (χ0n) is 19.7. The average molecular weight is 510 g/mol. The molecule has 0 radical (unpaired) electrons. The fourth-order valence-electron chi connectivity index (χ4n) is 3.58. The molecule has 1 unspecified atom stereocenters. The van der Waals surface area contributed by atoms with Crippen molar-refractivity contribution in [1.29, 1.82) is 0 Å². The molecule has 0 spiro atoms. The van der Waals surface area contributed by atoms with Crippen LogP contribution in [0.15, 0.2) is 18.2 Å². The SMILES string of the molecule is Cc1ccc(COc2nsc(NC(=O)NCCCC(O)CCN3CCOCC3)c2C(N)=O)c(F)c1. The van der Waals surface area contributed by atoms with Gasteiger partial charge in [-0.3, -0.25) is 15.0 Å². The molecule has 3 amide bonds. The van der Waals surface area contributed by atoms with E-state index in [2.05, 4.69) is 19.9 Å². The van der Waals surface area contributed by atoms with E-state index >= 15 is 0 Å². The maximum Gasteiger partial charge on any atom is 0.319 e. The number of carbonyl (C=O) groups excluding carboxylic acids is 2. The van der Waals surface area contributed by atoms with Crippen molar-refractivity contribution < 1.29 is 28.6 Å². The predicted molar refractivity (Wildman–Crippen MR) is 130 cm³/mol. The minimum atomic E-state index is -0.822. The van der Waals surface area contributed by atoms with Gasteiger partial charge < -0.3 is 25.6 Å². The molecule has 1 aliphatic heterocycles. The Hall–Kier alpha value is -2.80. The highest BCUT2D eigenvalue weighted by Crippen LogP contribution is 2.31. The molecule has 192 valence electrons. The van der Waals surface area contributed by atoms with Gasteiger partial charge in [0, 0.05) is 31.7 Å². The van der Waals surface area contributed by atoms with E-state index in [1.165, 1.54) is 6.07 Å². The summed E-state index contributed by atoms with van der Waals surface area (Å²) >= 11 is 0.844. The number of halogens is 1. The van der Waals surface area contributed by atoms with Crippen LogP contribution in [0.3, 0.4) is 0 Å². The Bertz CT molecular complexity index is 999. The molecule has 0 bridgehead atoms. The highest BCUT2D eigenvalue weighted by molar-refractivity contribution is 7.11. The summed E-state index contributed by atoms with van der Waals surface area (Å²) in [6.45, 7) is 6.02. The summed E-state index contributed by atoms with van der Waals surface area (Å²) < 4.78 is 28.9. The second kappa shape index (κ2) is 13.3. The van der Waals surface area contributed by atoms with Crippen LogP contribution in [0.5, 0.6) is 5.88 Å². The molecule has 0 saturated carbocycles. The number of anilines is 1. The molecule has 10 nitrogen and oxygen atoms in total. The van der Waals surface area contributed by atoms with E-state index in [-0.39, 0.29) is 23.1 Å². The number of aryl methyl sites for hydroxylation is 1. The number of nitrogens with one attached hydrogen (secondary N) is 2. The summed E-state index contributed by atoms with van der Waals surface area (Å²) in [5.74, 6) is -1.32. The summed E-state index contributed by atoms with van der Waals surface area (Å²) in [6.07, 6.45) is 1.39. The number of carbonyl (C=O) groups is 2. The predicted octanol–water partition coefficient (Wildman–Crippen LogP) is 2.25. The van der Waals surface area contributed by atoms with Gasteiger partial charge in [-0.1, -0.05) is 12.1 Å². The Morgan fingerprint density at radius 2 is 2.11 bits per heavy atom. The maximum absolute atomic E-state index is 14.0. The third kappa shape index (κ3) is 8.42. The van der Waals surface area contributed by atoms with E-state index in [0.717, 1.165) is 49.9 Å². The number of aliphatic hydroxyl groups is 1. The van der Waals surface area contributed by atoms with E-state index in [9.17, 15) is 19.1 Å². The van der Waals surface area contributed by atoms with Gasteiger partial charge in [-0.15, -0.1) is 0 Å². The van der Waals surface area contributed by atoms with Crippen molar-refractivity contribution in [1.82, 2.24) is 14.6 Å². The minimum Gasteiger partial charge on any atom is -0.471 e. The molecule has 5 N–H and O–H groups in total. The summed E-state index contributed by atoms with van der Waals surface area (Å²) in [5.41, 5.74) is 6.46. The Morgan fingerprint density at radius 3 is 2.83 bits per heavy atom. The number of aromatic nitrogens is 1. The van der Waals surface area contributed by atoms with Crippen LogP contribution in [0, 0.1) is 12.7 Å². The molecule has 3 rings (SSSR count). The fourth-order valence-corrected chi connectivity index (χ4v) is 4.32. The lowest BCUT2D eigenvalue weighted by Crippen LogP contribution is -2.38. The third-order valence-electron chi connectivity index (χ3n) is 5.59. The van der Waals surface area contributed by atoms with Gasteiger partial charge in [-0.25, -0.2) is 9.18 Å². The summed E-state index contributed by atoms with van der Waals surface area (Å²) in [6, 6.07) is 4.19. The molecular weight excluding hydrogens is 477 g/mol. The van der Waals surface area contributed by atoms with Crippen LogP contribution in [0.1, 0.15) is 40.7 Å². The molecule has 1 fully saturated rings. The number of morpholine rings is 1. The van der Waals surface area contributed by atoms with E-state index < -0.39 is 23.9 Å². The van der Waals surface area contributed by atoms with Gasteiger partial charge in [0.1, 0.15) is 23.0 Å². The van der Waals surface area contributed by atoms with Crippen LogP contribution in [0.2, 0.25) is 0 Å². The number of nitrogens with zero attached hydrogens (tertiary/aromatic N) is 2. The van der Waals surface area contributed by atoms with Gasteiger partial charge in [0.15, 0.2) is 0 Å². The normalized spacial score (nSPS) is 14.9. The van der Waals surface area contributed by atoms with Crippen LogP contribution in [-0.4, -0.2) is 71.8 Å². The van der Waals surface area contributed by atoms with E-state index in [1.54, 1.807) is 19.1 Å². The van der Waals surface area contributed by atoms with Crippen LogP contribution in [0.25, 0.3) is 0 Å². The number of hydrogen-bond acceptors (Lipinski definition) is 8. The molecule has 1 aliphatic rings. The number of rotatable bonds is 12. The van der Waals surface area contributed by atoms with Crippen molar-refractivity contribution in [2.24, 2.45) is 5.73 Å². The Morgan fingerprint density at radius 1 is 1.34 bits per heavy atom. The molecule has 35 heavy (non-hydrogen) atoms. The first-order chi connectivity index (χ1) is 16.8. The number of urea groups is 1. The van der Waals surface area contributed by atoms with Crippen molar-refractivity contribution in [2.45, 2.75) is 38.9 Å². The number of amides is 3. The largest absolute Gasteiger partial charge is 0.471 e. The molecule has 1 aromatic carbocycles. The van der Waals surface area contributed by atoms with Crippen molar-refractivity contribution in [2.75, 3.05) is 44.7 Å². The molecule has 12 heteroatoms. The fraction of sp³-hybridized carbons (Fsp3) is 0.522. The Kier molecular flexibility index (Phi) is 10.2. The van der Waals surface area contributed by atoms with E-state index in [0.29, 0.717) is 31.4 Å². The number of aliphatic hydroxyl groups excluding tert-OH is 1. The molecule has 0 aliphatic carbocycles. The lowest BCUT2D eigenvalue weighted by molar-refractivity contribution is 0.0294. The summed E-state index contributed by atoms with van der Waals surface area (Å²) in [5, 5.41) is 15.5. The number of ether oxygens (including phenoxy) is 2. The Balaban J connectivity index is 1.42. The zero-order chi connectivity index (χ0) is 25.2. The van der Waals surface area contributed by atoms with Gasteiger partial charge in [-0.05, 0) is 49.3 Å². The first kappa shape index (κ1) is 26.8. The van der Waals surface area contributed by atoms with Crippen molar-refractivity contribution >= 4 is 28.5 Å². The number of primary amides is 1. The van der Waals surface area contributed by atoms with E-state index in [4.69, 9.17) is 15.2 Å². The van der Waals surface area contributed by atoms with Crippen LogP contribution in [-0.2, 0) is 11.3 Å². The minimum absolute atomic E-state index is 0.0684. The van der Waals surface area contributed by atoms with Gasteiger partial charge in [-0.2, -0.15) is 4.37 Å². The quantitative estimate of drug-likeness (QED) is 0.322. The van der Waals surface area contributed by atoms with Crippen molar-refractivity contribution in [3.8, 4) is 5.88 Å². The molecule has 1 aromatic heterocycles. The lowest BCUT2D eigenvalue weighted by Gasteiger charge is -2.27. The van der Waals surface area contributed by atoms with E-state index in [1.807, 2.05) is 0 Å². The summed E-state index contributed by atoms with van der Waals surface area (Å²) in [4.78, 5) is 26.5. The lowest BCUT2D eigenvalue weighted by atomic mass is 10.1. The highest BCUT2D eigenvalue weighted by Gasteiger charge is 2.22. The molecule has 2 aromatic rings. The van der Waals surface area contributed by atoms with Crippen LogP contribution in [0.4, 0.5) is 14.2 Å². The molecule has 2 heterocycles. The Labute approximate surface area is 207 Å². The summed E-state index contributed by atoms with van der Waals surface area (Å²) in [7, 11) is 0. The van der Waals surface area contributed by atoms with Gasteiger partial charge in [0.25, 0.3) is 5.91 Å². The number of benzene rings is 1. The number of nitrogens with two attached hydrogens (primary N) is 1. The van der Waals surface area contributed by atoms with Crippen molar-refractivity contribution in [3.05, 3.63) is 40.7 Å². The molecular formula is C23H32FN5O5S. The molecule has 1 atom stereocenters. The smallest absolute Gasteiger partial charge is 0.319 e. The monoisotopic (exact) mass is 509 g/mol. The van der Waals surface area contributed by atoms with Crippen molar-refractivity contribution in [3.63, 3.8) is 0 Å². The highest BCUT2D eigenvalue weighted by atomic mass is 32.1. The van der Waals surface area contributed by atoms with Gasteiger partial charge in [0.05, 0.1) is 19.3 Å². The standard InChI is InChI=1S/C23H32FN5O5S/c1-15-4-5-16(18(24)13-15)14-34-21-19(20(25)31)22(35-28-21)27-23(32)26-7-2-3-17(30)6-8-29-9-11-33-12-10-29/h4-5,13,17,30H,2-3,6-12,14H2,1H3,(H2,25,31)(H2,26,27,32). The molecule has 1 saturated heterocycles. The average Bonchev–Trinajstić information content (AvgIpc) is 3.23. The third-order valence-corrected chi connectivity index (χ3v) is 6.33. The van der Waals surface area contributed by atoms with Gasteiger partial charge in [0.2, 0.25) is 5.88 Å². The van der Waals surface area contributed by atoms with Crippen LogP contribution < -0.4 is 21.1 Å². The topological polar surface area (TPSA) is 139 Å². The number of hydrogen-bond donors (Lipinski definition) is 4. The zero-order valence-corrected chi connectivity index (χ0v) is 20.5. The second-order valence-electron chi connectivity index (χ2n) is 8.36. The van der Waals surface area contributed by atoms with Crippen LogP contribution >= 0.6 is 11.5 Å².